The van der Waals surface area contributed by atoms with E-state index < -0.39 is 6.43 Å². The number of aromatic nitrogens is 1. The SMILES string of the molecule is COc1cnc(C)c(C(F)F)c1C#N. The molecule has 0 aliphatic heterocycles. The summed E-state index contributed by atoms with van der Waals surface area (Å²) >= 11 is 0. The summed E-state index contributed by atoms with van der Waals surface area (Å²) < 4.78 is 29.9. The molecule has 0 unspecified atom stereocenters. The van der Waals surface area contributed by atoms with Gasteiger partial charge in [-0.3, -0.25) is 4.98 Å². The van der Waals surface area contributed by atoms with Crippen LogP contribution in [0.15, 0.2) is 6.20 Å². The Labute approximate surface area is 79.9 Å². The van der Waals surface area contributed by atoms with Gasteiger partial charge >= 0.3 is 0 Å². The maximum Gasteiger partial charge on any atom is 0.267 e. The summed E-state index contributed by atoms with van der Waals surface area (Å²) in [6.07, 6.45) is -1.45. The van der Waals surface area contributed by atoms with Gasteiger partial charge in [0.2, 0.25) is 0 Å². The molecule has 0 saturated heterocycles. The highest BCUT2D eigenvalue weighted by Crippen LogP contribution is 2.30. The van der Waals surface area contributed by atoms with Crippen molar-refractivity contribution in [1.82, 2.24) is 4.98 Å². The molecule has 0 aliphatic rings. The molecule has 0 amide bonds. The van der Waals surface area contributed by atoms with Crippen LogP contribution in [0.3, 0.4) is 0 Å². The highest BCUT2D eigenvalue weighted by atomic mass is 19.3. The molecule has 5 heteroatoms. The maximum atomic E-state index is 12.5. The first kappa shape index (κ1) is 10.4. The van der Waals surface area contributed by atoms with Crippen LogP contribution in [-0.4, -0.2) is 12.1 Å². The van der Waals surface area contributed by atoms with Gasteiger partial charge in [-0.2, -0.15) is 5.26 Å². The van der Waals surface area contributed by atoms with Crippen molar-refractivity contribution in [3.05, 3.63) is 23.0 Å². The maximum absolute atomic E-state index is 12.5. The number of methoxy groups -OCH3 is 1. The van der Waals surface area contributed by atoms with Crippen molar-refractivity contribution in [2.45, 2.75) is 13.3 Å². The molecule has 0 aliphatic carbocycles. The third kappa shape index (κ3) is 1.64. The minimum absolute atomic E-state index is 0.0772. The zero-order chi connectivity index (χ0) is 10.7. The van der Waals surface area contributed by atoms with Crippen LogP contribution in [0, 0.1) is 18.3 Å². The number of ether oxygens (including phenoxy) is 1. The number of halogens is 2. The van der Waals surface area contributed by atoms with Gasteiger partial charge in [-0.05, 0) is 6.92 Å². The minimum Gasteiger partial charge on any atom is -0.494 e. The first-order valence-electron chi connectivity index (χ1n) is 3.83. The molecular weight excluding hydrogens is 190 g/mol. The molecule has 14 heavy (non-hydrogen) atoms. The molecule has 0 radical (unpaired) electrons. The van der Waals surface area contributed by atoms with Crippen molar-refractivity contribution >= 4 is 0 Å². The number of nitriles is 1. The van der Waals surface area contributed by atoms with Gasteiger partial charge in [0.25, 0.3) is 6.43 Å². The van der Waals surface area contributed by atoms with Crippen molar-refractivity contribution in [3.63, 3.8) is 0 Å². The largest absolute Gasteiger partial charge is 0.494 e. The Balaban J connectivity index is 3.45. The van der Waals surface area contributed by atoms with E-state index in [2.05, 4.69) is 4.98 Å². The molecular formula is C9H8F2N2O. The number of aryl methyl sites for hydroxylation is 1. The third-order valence-corrected chi connectivity index (χ3v) is 1.83. The zero-order valence-electron chi connectivity index (χ0n) is 7.71. The second kappa shape index (κ2) is 4.01. The lowest BCUT2D eigenvalue weighted by Crippen LogP contribution is -2.00. The Bertz CT molecular complexity index is 385. The first-order valence-corrected chi connectivity index (χ1v) is 3.83. The standard InChI is InChI=1S/C9H8F2N2O/c1-5-8(9(10)11)6(3-12)7(14-2)4-13-5/h4,9H,1-2H3. The Morgan fingerprint density at radius 3 is 2.64 bits per heavy atom. The van der Waals surface area contributed by atoms with Crippen LogP contribution in [0.2, 0.25) is 0 Å². The van der Waals surface area contributed by atoms with Crippen molar-refractivity contribution in [1.29, 1.82) is 5.26 Å². The molecule has 1 aromatic heterocycles. The molecule has 3 nitrogen and oxygen atoms in total. The number of hydrogen-bond donors (Lipinski definition) is 0. The van der Waals surface area contributed by atoms with Gasteiger partial charge < -0.3 is 4.74 Å². The van der Waals surface area contributed by atoms with E-state index in [1.807, 2.05) is 0 Å². The Hall–Kier alpha value is -1.70. The Kier molecular flexibility index (Phi) is 2.97. The van der Waals surface area contributed by atoms with E-state index in [0.29, 0.717) is 0 Å². The van der Waals surface area contributed by atoms with Crippen molar-refractivity contribution < 1.29 is 13.5 Å². The molecule has 0 bridgehead atoms. The van der Waals surface area contributed by atoms with Gasteiger partial charge in [-0.25, -0.2) is 8.78 Å². The van der Waals surface area contributed by atoms with Gasteiger partial charge in [0.05, 0.1) is 18.9 Å². The van der Waals surface area contributed by atoms with E-state index >= 15 is 0 Å². The smallest absolute Gasteiger partial charge is 0.267 e. The average Bonchev–Trinajstić information content (AvgIpc) is 2.16. The fraction of sp³-hybridized carbons (Fsp3) is 0.333. The zero-order valence-corrected chi connectivity index (χ0v) is 7.71. The Morgan fingerprint density at radius 2 is 2.21 bits per heavy atom. The number of rotatable bonds is 2. The van der Waals surface area contributed by atoms with Crippen LogP contribution in [0.25, 0.3) is 0 Å². The van der Waals surface area contributed by atoms with Crippen LogP contribution in [-0.2, 0) is 0 Å². The van der Waals surface area contributed by atoms with E-state index in [1.54, 1.807) is 6.07 Å². The second-order valence-corrected chi connectivity index (χ2v) is 2.61. The van der Waals surface area contributed by atoms with Crippen LogP contribution in [0.4, 0.5) is 8.78 Å². The predicted molar refractivity (Wildman–Crippen MR) is 45.2 cm³/mol. The lowest BCUT2D eigenvalue weighted by atomic mass is 10.1. The van der Waals surface area contributed by atoms with Gasteiger partial charge in [0, 0.05) is 5.69 Å². The van der Waals surface area contributed by atoms with Crippen LogP contribution >= 0.6 is 0 Å². The topological polar surface area (TPSA) is 45.9 Å². The van der Waals surface area contributed by atoms with Gasteiger partial charge in [0.1, 0.15) is 11.6 Å². The van der Waals surface area contributed by atoms with E-state index in [4.69, 9.17) is 10.00 Å². The van der Waals surface area contributed by atoms with Gasteiger partial charge in [-0.15, -0.1) is 0 Å². The average molecular weight is 198 g/mol. The molecule has 0 N–H and O–H groups in total. The van der Waals surface area contributed by atoms with Gasteiger partial charge in [-0.1, -0.05) is 0 Å². The van der Waals surface area contributed by atoms with Crippen LogP contribution < -0.4 is 4.74 Å². The normalized spacial score (nSPS) is 10.0. The molecule has 0 atom stereocenters. The first-order chi connectivity index (χ1) is 6.61. The summed E-state index contributed by atoms with van der Waals surface area (Å²) in [4.78, 5) is 3.72. The fourth-order valence-electron chi connectivity index (χ4n) is 1.14. The van der Waals surface area contributed by atoms with E-state index in [9.17, 15) is 8.78 Å². The van der Waals surface area contributed by atoms with E-state index in [1.165, 1.54) is 20.2 Å². The van der Waals surface area contributed by atoms with Gasteiger partial charge in [0.15, 0.2) is 5.75 Å². The fourth-order valence-corrected chi connectivity index (χ4v) is 1.14. The molecule has 0 fully saturated rings. The molecule has 1 rings (SSSR count). The number of hydrogen-bond acceptors (Lipinski definition) is 3. The highest BCUT2D eigenvalue weighted by Gasteiger charge is 2.20. The summed E-state index contributed by atoms with van der Waals surface area (Å²) in [7, 11) is 1.31. The third-order valence-electron chi connectivity index (χ3n) is 1.83. The highest BCUT2D eigenvalue weighted by molar-refractivity contribution is 5.49. The summed E-state index contributed by atoms with van der Waals surface area (Å²) in [6, 6.07) is 1.69. The van der Waals surface area contributed by atoms with E-state index in [0.717, 1.165) is 0 Å². The monoisotopic (exact) mass is 198 g/mol. The van der Waals surface area contributed by atoms with Crippen molar-refractivity contribution in [3.8, 4) is 11.8 Å². The van der Waals surface area contributed by atoms with Crippen LogP contribution in [0.1, 0.15) is 23.2 Å². The minimum atomic E-state index is -2.72. The summed E-state index contributed by atoms with van der Waals surface area (Å²) in [5.41, 5.74) is -0.348. The molecule has 0 saturated carbocycles. The molecule has 1 aromatic rings. The summed E-state index contributed by atoms with van der Waals surface area (Å²) in [5, 5.41) is 8.71. The molecule has 1 heterocycles. The van der Waals surface area contributed by atoms with Crippen molar-refractivity contribution in [2.24, 2.45) is 0 Å². The lowest BCUT2D eigenvalue weighted by Gasteiger charge is -2.09. The molecule has 0 aromatic carbocycles. The van der Waals surface area contributed by atoms with Crippen LogP contribution in [0.5, 0.6) is 5.75 Å². The lowest BCUT2D eigenvalue weighted by molar-refractivity contribution is 0.149. The Morgan fingerprint density at radius 1 is 1.57 bits per heavy atom. The van der Waals surface area contributed by atoms with Crippen molar-refractivity contribution in [2.75, 3.05) is 7.11 Å². The number of alkyl halides is 2. The number of pyridine rings is 1. The predicted octanol–water partition coefficient (Wildman–Crippen LogP) is 2.21. The van der Waals surface area contributed by atoms with E-state index in [-0.39, 0.29) is 22.6 Å². The quantitative estimate of drug-likeness (QED) is 0.731. The summed E-state index contributed by atoms with van der Waals surface area (Å²) in [5.74, 6) is 0.0772. The second-order valence-electron chi connectivity index (χ2n) is 2.61. The molecule has 74 valence electrons. The number of nitrogens with zero attached hydrogens (tertiary/aromatic N) is 2. The summed E-state index contributed by atoms with van der Waals surface area (Å²) in [6.45, 7) is 1.43. The molecule has 0 spiro atoms.